The lowest BCUT2D eigenvalue weighted by Crippen LogP contribution is -2.38. The fourth-order valence-corrected chi connectivity index (χ4v) is 3.69. The molecule has 1 atom stereocenters. The minimum absolute atomic E-state index is 0.770. The molecule has 1 N–H and O–H groups in total. The summed E-state index contributed by atoms with van der Waals surface area (Å²) in [6, 6.07) is 17.6. The van der Waals surface area contributed by atoms with E-state index in [0.29, 0.717) is 0 Å². The van der Waals surface area contributed by atoms with E-state index in [1.54, 1.807) is 0 Å². The van der Waals surface area contributed by atoms with Crippen LogP contribution in [0.15, 0.2) is 48.5 Å². The fourth-order valence-electron chi connectivity index (χ4n) is 3.69. The lowest BCUT2D eigenvalue weighted by Gasteiger charge is -2.31. The van der Waals surface area contributed by atoms with Gasteiger partial charge in [0.15, 0.2) is 0 Å². The third kappa shape index (κ3) is 4.68. The van der Waals surface area contributed by atoms with Gasteiger partial charge in [0.2, 0.25) is 0 Å². The predicted octanol–water partition coefficient (Wildman–Crippen LogP) is 4.31. The van der Waals surface area contributed by atoms with Crippen molar-refractivity contribution in [2.45, 2.75) is 39.8 Å². The highest BCUT2D eigenvalue weighted by molar-refractivity contribution is 5.27. The maximum atomic E-state index is 3.56. The van der Waals surface area contributed by atoms with Crippen molar-refractivity contribution < 1.29 is 0 Å². The first kappa shape index (κ1) is 17.2. The van der Waals surface area contributed by atoms with E-state index < -0.39 is 0 Å². The maximum absolute atomic E-state index is 3.56. The maximum Gasteiger partial charge on any atom is 0.0240 e. The number of nitrogens with zero attached hydrogens (tertiary/aromatic N) is 1. The molecule has 0 amide bonds. The Bertz CT molecular complexity index is 596. The number of hydrogen-bond donors (Lipinski definition) is 1. The lowest BCUT2D eigenvalue weighted by atomic mass is 9.98. The topological polar surface area (TPSA) is 15.3 Å². The second-order valence-corrected chi connectivity index (χ2v) is 7.23. The van der Waals surface area contributed by atoms with E-state index in [-0.39, 0.29) is 0 Å². The molecule has 1 fully saturated rings. The van der Waals surface area contributed by atoms with Crippen molar-refractivity contribution in [3.63, 3.8) is 0 Å². The van der Waals surface area contributed by atoms with Crippen molar-refractivity contribution in [3.05, 3.63) is 70.8 Å². The monoisotopic (exact) mass is 322 g/mol. The highest BCUT2D eigenvalue weighted by atomic mass is 15.1. The van der Waals surface area contributed by atoms with E-state index in [1.165, 1.54) is 48.2 Å². The summed E-state index contributed by atoms with van der Waals surface area (Å²) in [5.41, 5.74) is 5.70. The van der Waals surface area contributed by atoms with Crippen LogP contribution in [0, 0.1) is 19.8 Å². The largest absolute Gasteiger partial charge is 0.316 e. The Balaban J connectivity index is 1.74. The SMILES string of the molecule is Cc1ccccc1CN(Cc1ccccc1C)CC1CCCNC1. The van der Waals surface area contributed by atoms with Crippen LogP contribution in [0.3, 0.4) is 0 Å². The van der Waals surface area contributed by atoms with Crippen LogP contribution in [0.25, 0.3) is 0 Å². The van der Waals surface area contributed by atoms with Gasteiger partial charge in [0, 0.05) is 19.6 Å². The molecule has 2 aromatic rings. The van der Waals surface area contributed by atoms with Gasteiger partial charge in [-0.2, -0.15) is 0 Å². The van der Waals surface area contributed by atoms with Crippen molar-refractivity contribution in [2.75, 3.05) is 19.6 Å². The second kappa shape index (κ2) is 8.46. The van der Waals surface area contributed by atoms with Crippen molar-refractivity contribution in [1.82, 2.24) is 10.2 Å². The highest BCUT2D eigenvalue weighted by Gasteiger charge is 2.18. The second-order valence-electron chi connectivity index (χ2n) is 7.23. The molecule has 2 heteroatoms. The van der Waals surface area contributed by atoms with E-state index >= 15 is 0 Å². The van der Waals surface area contributed by atoms with Crippen LogP contribution in [0.4, 0.5) is 0 Å². The molecule has 0 saturated carbocycles. The predicted molar refractivity (Wildman–Crippen MR) is 102 cm³/mol. The molecule has 1 aliphatic heterocycles. The molecule has 1 unspecified atom stereocenters. The van der Waals surface area contributed by atoms with Gasteiger partial charge in [-0.05, 0) is 68.0 Å². The molecule has 1 heterocycles. The molecule has 0 spiro atoms. The van der Waals surface area contributed by atoms with Gasteiger partial charge >= 0.3 is 0 Å². The molecule has 3 rings (SSSR count). The molecule has 2 aromatic carbocycles. The van der Waals surface area contributed by atoms with E-state index in [1.807, 2.05) is 0 Å². The molecule has 0 aromatic heterocycles. The van der Waals surface area contributed by atoms with Crippen LogP contribution in [-0.2, 0) is 13.1 Å². The summed E-state index contributed by atoms with van der Waals surface area (Å²) < 4.78 is 0. The van der Waals surface area contributed by atoms with Crippen molar-refractivity contribution in [1.29, 1.82) is 0 Å². The molecule has 0 bridgehead atoms. The van der Waals surface area contributed by atoms with Crippen LogP contribution in [0.1, 0.15) is 35.1 Å². The van der Waals surface area contributed by atoms with Crippen LogP contribution in [0.2, 0.25) is 0 Å². The minimum Gasteiger partial charge on any atom is -0.316 e. The Morgan fingerprint density at radius 1 is 0.917 bits per heavy atom. The van der Waals surface area contributed by atoms with Crippen LogP contribution < -0.4 is 5.32 Å². The molecule has 0 radical (unpaired) electrons. The molecule has 1 aliphatic rings. The first-order chi connectivity index (χ1) is 11.7. The summed E-state index contributed by atoms with van der Waals surface area (Å²) >= 11 is 0. The molecule has 24 heavy (non-hydrogen) atoms. The Morgan fingerprint density at radius 3 is 2.00 bits per heavy atom. The summed E-state index contributed by atoms with van der Waals surface area (Å²) in [7, 11) is 0. The van der Waals surface area contributed by atoms with E-state index in [0.717, 1.165) is 25.6 Å². The Hall–Kier alpha value is -1.64. The van der Waals surface area contributed by atoms with E-state index in [2.05, 4.69) is 72.6 Å². The summed E-state index contributed by atoms with van der Waals surface area (Å²) in [6.45, 7) is 10.1. The summed E-state index contributed by atoms with van der Waals surface area (Å²) in [4.78, 5) is 2.64. The number of hydrogen-bond acceptors (Lipinski definition) is 2. The summed E-state index contributed by atoms with van der Waals surface area (Å²) in [5, 5.41) is 3.56. The zero-order valence-electron chi connectivity index (χ0n) is 15.1. The van der Waals surface area contributed by atoms with Gasteiger partial charge in [0.1, 0.15) is 0 Å². The van der Waals surface area contributed by atoms with Crippen molar-refractivity contribution in [2.24, 2.45) is 5.92 Å². The average Bonchev–Trinajstić information content (AvgIpc) is 2.60. The van der Waals surface area contributed by atoms with Gasteiger partial charge in [0.05, 0.1) is 0 Å². The van der Waals surface area contributed by atoms with Gasteiger partial charge in [-0.15, -0.1) is 0 Å². The standard InChI is InChI=1S/C22H30N2/c1-18-8-3-5-11-21(18)16-24(15-20-10-7-13-23-14-20)17-22-12-6-4-9-19(22)2/h3-6,8-9,11-12,20,23H,7,10,13-17H2,1-2H3. The molecule has 2 nitrogen and oxygen atoms in total. The molecular formula is C22H30N2. The fraction of sp³-hybridized carbons (Fsp3) is 0.455. The normalized spacial score (nSPS) is 18.0. The number of rotatable bonds is 6. The Morgan fingerprint density at radius 2 is 1.50 bits per heavy atom. The Kier molecular flexibility index (Phi) is 6.06. The van der Waals surface area contributed by atoms with Gasteiger partial charge in [-0.1, -0.05) is 48.5 Å². The number of benzene rings is 2. The van der Waals surface area contributed by atoms with Gasteiger partial charge in [0.25, 0.3) is 0 Å². The van der Waals surface area contributed by atoms with Crippen LogP contribution >= 0.6 is 0 Å². The quantitative estimate of drug-likeness (QED) is 0.853. The minimum atomic E-state index is 0.770. The lowest BCUT2D eigenvalue weighted by molar-refractivity contribution is 0.193. The average molecular weight is 322 g/mol. The van der Waals surface area contributed by atoms with Gasteiger partial charge in [-0.25, -0.2) is 0 Å². The third-order valence-corrected chi connectivity index (χ3v) is 5.23. The molecular weight excluding hydrogens is 292 g/mol. The smallest absolute Gasteiger partial charge is 0.0240 e. The number of piperidine rings is 1. The van der Waals surface area contributed by atoms with Gasteiger partial charge in [-0.3, -0.25) is 4.90 Å². The Labute approximate surface area is 146 Å². The molecule has 0 aliphatic carbocycles. The first-order valence-corrected chi connectivity index (χ1v) is 9.24. The molecule has 128 valence electrons. The van der Waals surface area contributed by atoms with Gasteiger partial charge < -0.3 is 5.32 Å². The first-order valence-electron chi connectivity index (χ1n) is 9.24. The van der Waals surface area contributed by atoms with Crippen molar-refractivity contribution >= 4 is 0 Å². The zero-order chi connectivity index (χ0) is 16.8. The highest BCUT2D eigenvalue weighted by Crippen LogP contribution is 2.19. The van der Waals surface area contributed by atoms with Crippen LogP contribution in [-0.4, -0.2) is 24.5 Å². The van der Waals surface area contributed by atoms with Crippen LogP contribution in [0.5, 0.6) is 0 Å². The zero-order valence-corrected chi connectivity index (χ0v) is 15.1. The summed E-state index contributed by atoms with van der Waals surface area (Å²) in [5.74, 6) is 0.770. The third-order valence-electron chi connectivity index (χ3n) is 5.23. The van der Waals surface area contributed by atoms with E-state index in [9.17, 15) is 0 Å². The number of aryl methyl sites for hydroxylation is 2. The number of nitrogens with one attached hydrogen (secondary N) is 1. The van der Waals surface area contributed by atoms with E-state index in [4.69, 9.17) is 0 Å². The molecule has 1 saturated heterocycles. The summed E-state index contributed by atoms with van der Waals surface area (Å²) in [6.07, 6.45) is 2.66. The van der Waals surface area contributed by atoms with Crippen molar-refractivity contribution in [3.8, 4) is 0 Å².